The quantitative estimate of drug-likeness (QED) is 0.0642. The zero-order valence-electron chi connectivity index (χ0n) is 25.7. The summed E-state index contributed by atoms with van der Waals surface area (Å²) in [5.74, 6) is 3.29. The fourth-order valence-electron chi connectivity index (χ4n) is 6.04. The van der Waals surface area contributed by atoms with Gasteiger partial charge in [0.1, 0.15) is 11.5 Å². The van der Waals surface area contributed by atoms with Gasteiger partial charge in [0.05, 0.1) is 13.2 Å². The van der Waals surface area contributed by atoms with Gasteiger partial charge in [-0.25, -0.2) is 10.5 Å². The molecule has 3 atom stereocenters. The normalized spacial score (nSPS) is 17.5. The average molecular weight is 625 g/mol. The standard InChI is InChI=1S/C32H48O8S2/c1-22-18-24(3)31(35-15-9-7-6-8-10-17-41-39-37-33)28(20-22)26(5)29-21-23(2)19-25(4)32(29)36-16-14-27-12-11-13-30(27)42-40-38-34/h18-21,26-27,30,33-34H,6-17H2,1-5H3. The van der Waals surface area contributed by atoms with Crippen LogP contribution >= 0.6 is 24.1 Å². The van der Waals surface area contributed by atoms with E-state index in [1.807, 2.05) is 0 Å². The van der Waals surface area contributed by atoms with Crippen LogP contribution in [0, 0.1) is 33.6 Å². The topological polar surface area (TPSA) is 95.8 Å². The zero-order valence-corrected chi connectivity index (χ0v) is 27.3. The Balaban J connectivity index is 1.65. The summed E-state index contributed by atoms with van der Waals surface area (Å²) in [7, 11) is 0. The van der Waals surface area contributed by atoms with E-state index in [0.29, 0.717) is 24.4 Å². The van der Waals surface area contributed by atoms with Crippen molar-refractivity contribution in [2.45, 2.75) is 104 Å². The van der Waals surface area contributed by atoms with Crippen LogP contribution in [0.25, 0.3) is 0 Å². The van der Waals surface area contributed by atoms with Gasteiger partial charge in [0, 0.05) is 52.1 Å². The first kappa shape index (κ1) is 35.0. The van der Waals surface area contributed by atoms with Crippen LogP contribution in [0.1, 0.15) is 104 Å². The number of aryl methyl sites for hydroxylation is 4. The number of hydrogen-bond donors (Lipinski definition) is 2. The molecule has 2 aromatic carbocycles. The maximum Gasteiger partial charge on any atom is 0.126 e. The van der Waals surface area contributed by atoms with Crippen LogP contribution in [0.15, 0.2) is 24.3 Å². The van der Waals surface area contributed by atoms with Gasteiger partial charge in [-0.05, 0) is 76.8 Å². The highest BCUT2D eigenvalue weighted by molar-refractivity contribution is 7.95. The summed E-state index contributed by atoms with van der Waals surface area (Å²) in [5, 5.41) is 24.5. The molecule has 8 nitrogen and oxygen atoms in total. The Hall–Kier alpha value is -1.50. The monoisotopic (exact) mass is 624 g/mol. The molecule has 0 aliphatic heterocycles. The Morgan fingerprint density at radius 1 is 0.762 bits per heavy atom. The second-order valence-electron chi connectivity index (χ2n) is 11.4. The molecular weight excluding hydrogens is 576 g/mol. The van der Waals surface area contributed by atoms with Crippen molar-refractivity contribution in [3.63, 3.8) is 0 Å². The van der Waals surface area contributed by atoms with Gasteiger partial charge in [-0.2, -0.15) is 0 Å². The van der Waals surface area contributed by atoms with Crippen molar-refractivity contribution in [1.82, 2.24) is 0 Å². The first-order valence-electron chi connectivity index (χ1n) is 15.1. The van der Waals surface area contributed by atoms with Crippen LogP contribution in [0.5, 0.6) is 11.5 Å². The highest BCUT2D eigenvalue weighted by Crippen LogP contribution is 2.41. The molecule has 2 aromatic rings. The molecule has 3 rings (SSSR count). The fraction of sp³-hybridized carbons (Fsp3) is 0.625. The van der Waals surface area contributed by atoms with Crippen LogP contribution in [0.2, 0.25) is 0 Å². The van der Waals surface area contributed by atoms with E-state index in [9.17, 15) is 0 Å². The lowest BCUT2D eigenvalue weighted by Crippen LogP contribution is -2.15. The Morgan fingerprint density at radius 3 is 2.00 bits per heavy atom. The molecule has 0 radical (unpaired) electrons. The van der Waals surface area contributed by atoms with Crippen molar-refractivity contribution < 1.29 is 38.7 Å². The Labute approximate surface area is 259 Å². The zero-order chi connectivity index (χ0) is 30.3. The molecule has 1 aliphatic rings. The maximum atomic E-state index is 8.55. The number of rotatable bonds is 20. The molecule has 0 heterocycles. The molecule has 3 unspecified atom stereocenters. The number of unbranched alkanes of at least 4 members (excludes halogenated alkanes) is 4. The molecule has 0 bridgehead atoms. The van der Waals surface area contributed by atoms with Crippen LogP contribution in [-0.4, -0.2) is 34.7 Å². The van der Waals surface area contributed by atoms with Crippen molar-refractivity contribution >= 4 is 24.1 Å². The predicted molar refractivity (Wildman–Crippen MR) is 169 cm³/mol. The third kappa shape index (κ3) is 10.9. The third-order valence-electron chi connectivity index (χ3n) is 8.04. The summed E-state index contributed by atoms with van der Waals surface area (Å²) in [4.78, 5) is 0. The lowest BCUT2D eigenvalue weighted by Gasteiger charge is -2.24. The van der Waals surface area contributed by atoms with Gasteiger partial charge in [0.2, 0.25) is 0 Å². The Morgan fingerprint density at radius 2 is 1.36 bits per heavy atom. The molecule has 0 saturated heterocycles. The third-order valence-corrected chi connectivity index (χ3v) is 9.66. The van der Waals surface area contributed by atoms with Gasteiger partial charge in [0.25, 0.3) is 0 Å². The summed E-state index contributed by atoms with van der Waals surface area (Å²) in [6.07, 6.45) is 9.61. The van der Waals surface area contributed by atoms with Gasteiger partial charge >= 0.3 is 0 Å². The van der Waals surface area contributed by atoms with Gasteiger partial charge in [0.15, 0.2) is 0 Å². The minimum absolute atomic E-state index is 0.0970. The van der Waals surface area contributed by atoms with Crippen LogP contribution < -0.4 is 9.47 Å². The van der Waals surface area contributed by atoms with Crippen LogP contribution in [-0.2, 0) is 18.7 Å². The largest absolute Gasteiger partial charge is 0.493 e. The van der Waals surface area contributed by atoms with E-state index < -0.39 is 0 Å². The smallest absolute Gasteiger partial charge is 0.126 e. The molecule has 0 aromatic heterocycles. The average Bonchev–Trinajstić information content (AvgIpc) is 3.41. The predicted octanol–water partition coefficient (Wildman–Crippen LogP) is 9.48. The Kier molecular flexibility index (Phi) is 15.8. The van der Waals surface area contributed by atoms with Gasteiger partial charge in [-0.1, -0.05) is 78.1 Å². The molecule has 1 aliphatic carbocycles. The highest BCUT2D eigenvalue weighted by Gasteiger charge is 2.29. The minimum atomic E-state index is 0.0970. The van der Waals surface area contributed by atoms with E-state index in [0.717, 1.165) is 98.2 Å². The summed E-state index contributed by atoms with van der Waals surface area (Å²) in [6, 6.07) is 8.90. The molecule has 0 amide bonds. The van der Waals surface area contributed by atoms with Crippen molar-refractivity contribution in [3.05, 3.63) is 57.6 Å². The van der Waals surface area contributed by atoms with E-state index in [-0.39, 0.29) is 5.92 Å². The van der Waals surface area contributed by atoms with E-state index >= 15 is 0 Å². The van der Waals surface area contributed by atoms with Gasteiger partial charge < -0.3 is 9.47 Å². The molecule has 0 spiro atoms. The maximum absolute atomic E-state index is 8.55. The van der Waals surface area contributed by atoms with E-state index in [1.54, 1.807) is 0 Å². The van der Waals surface area contributed by atoms with Crippen LogP contribution in [0.3, 0.4) is 0 Å². The van der Waals surface area contributed by atoms with Crippen molar-refractivity contribution in [2.75, 3.05) is 19.0 Å². The second kappa shape index (κ2) is 19.0. The van der Waals surface area contributed by atoms with Crippen molar-refractivity contribution in [3.8, 4) is 11.5 Å². The first-order valence-corrected chi connectivity index (χ1v) is 16.8. The van der Waals surface area contributed by atoms with E-state index in [2.05, 4.69) is 73.3 Å². The number of hydrogen-bond acceptors (Lipinski definition) is 10. The lowest BCUT2D eigenvalue weighted by atomic mass is 9.87. The van der Waals surface area contributed by atoms with E-state index in [1.165, 1.54) is 34.3 Å². The molecule has 1 saturated carbocycles. The summed E-state index contributed by atoms with van der Waals surface area (Å²) >= 11 is 2.33. The van der Waals surface area contributed by atoms with Gasteiger partial charge in [-0.3, -0.25) is 0 Å². The number of ether oxygens (including phenoxy) is 2. The van der Waals surface area contributed by atoms with Crippen LogP contribution in [0.4, 0.5) is 0 Å². The molecule has 42 heavy (non-hydrogen) atoms. The number of benzene rings is 2. The highest BCUT2D eigenvalue weighted by atomic mass is 32.2. The second-order valence-corrected chi connectivity index (χ2v) is 13.1. The first-order chi connectivity index (χ1) is 20.3. The summed E-state index contributed by atoms with van der Waals surface area (Å²) in [6.45, 7) is 12.1. The van der Waals surface area contributed by atoms with E-state index in [4.69, 9.17) is 24.3 Å². The SMILES string of the molecule is Cc1cc(C)c(OCCCCCCCSOOO)c(C(C)c2cc(C)cc(C)c2OCCC2CCCC2SOOO)c1. The fourth-order valence-corrected chi connectivity index (χ4v) is 7.30. The molecule has 2 N–H and O–H groups in total. The molecule has 1 fully saturated rings. The molecule has 10 heteroatoms. The Bertz CT molecular complexity index is 1080. The van der Waals surface area contributed by atoms with Crippen molar-refractivity contribution in [1.29, 1.82) is 0 Å². The van der Waals surface area contributed by atoms with Gasteiger partial charge in [-0.15, -0.1) is 8.67 Å². The molecular formula is C32H48O8S2. The minimum Gasteiger partial charge on any atom is -0.493 e. The van der Waals surface area contributed by atoms with Crippen molar-refractivity contribution in [2.24, 2.45) is 5.92 Å². The summed E-state index contributed by atoms with van der Waals surface area (Å²) in [5.41, 5.74) is 7.12. The lowest BCUT2D eigenvalue weighted by molar-refractivity contribution is -0.432. The summed E-state index contributed by atoms with van der Waals surface area (Å²) < 4.78 is 22.2. The molecule has 236 valence electrons.